The maximum Gasteiger partial charge on any atom is 0.422 e. The second-order valence-electron chi connectivity index (χ2n) is 6.03. The van der Waals surface area contributed by atoms with Gasteiger partial charge < -0.3 is 10.1 Å². The topological polar surface area (TPSA) is 38.3 Å². The monoisotopic (exact) mass is 363 g/mol. The number of nitrogens with one attached hydrogen (secondary N) is 1. The second-order valence-corrected chi connectivity index (χ2v) is 7.97. The number of halogens is 3. The van der Waals surface area contributed by atoms with E-state index in [2.05, 4.69) is 5.32 Å². The first kappa shape index (κ1) is 19.2. The molecule has 1 aromatic carbocycles. The van der Waals surface area contributed by atoms with Crippen LogP contribution in [-0.4, -0.2) is 34.0 Å². The summed E-state index contributed by atoms with van der Waals surface area (Å²) in [6.07, 6.45) is -0.0597. The summed E-state index contributed by atoms with van der Waals surface area (Å²) in [4.78, 5) is 0. The molecule has 1 aliphatic rings. The summed E-state index contributed by atoms with van der Waals surface area (Å²) >= 11 is 0. The van der Waals surface area contributed by atoms with Gasteiger partial charge in [-0.25, -0.2) is 0 Å². The highest BCUT2D eigenvalue weighted by Gasteiger charge is 2.29. The zero-order valence-corrected chi connectivity index (χ0v) is 14.6. The molecule has 1 aliphatic carbocycles. The highest BCUT2D eigenvalue weighted by Crippen LogP contribution is 2.24. The Kier molecular flexibility index (Phi) is 7.10. The summed E-state index contributed by atoms with van der Waals surface area (Å²) in [5.74, 6) is 0.882. The van der Waals surface area contributed by atoms with Gasteiger partial charge in [0, 0.05) is 29.1 Å². The standard InChI is InChI=1S/C17H24F3NO2S/c1-2-24(22)16-6-4-3-5-15(16)21-11-13-7-9-14(10-8-13)23-12-17(18,19)20/h7-10,15-16,21H,2-6,11-12H2,1H3/t15-,16+,24+/m0/s1. The Hall–Kier alpha value is -1.08. The van der Waals surface area contributed by atoms with Crippen molar-refractivity contribution in [3.05, 3.63) is 29.8 Å². The van der Waals surface area contributed by atoms with Gasteiger partial charge in [-0.05, 0) is 30.5 Å². The average Bonchev–Trinajstić information content (AvgIpc) is 2.58. The van der Waals surface area contributed by atoms with Gasteiger partial charge in [0.25, 0.3) is 0 Å². The fraction of sp³-hybridized carbons (Fsp3) is 0.647. The van der Waals surface area contributed by atoms with E-state index in [0.717, 1.165) is 31.2 Å². The Morgan fingerprint density at radius 3 is 2.50 bits per heavy atom. The smallest absolute Gasteiger partial charge is 0.422 e. The van der Waals surface area contributed by atoms with Crippen LogP contribution in [0.5, 0.6) is 5.75 Å². The zero-order chi connectivity index (χ0) is 17.6. The molecule has 7 heteroatoms. The summed E-state index contributed by atoms with van der Waals surface area (Å²) in [6.45, 7) is 1.28. The maximum atomic E-state index is 12.1. The normalized spacial score (nSPS) is 23.0. The maximum absolute atomic E-state index is 12.1. The van der Waals surface area contributed by atoms with Gasteiger partial charge in [-0.1, -0.05) is 31.9 Å². The van der Waals surface area contributed by atoms with E-state index in [9.17, 15) is 17.4 Å². The summed E-state index contributed by atoms with van der Waals surface area (Å²) in [5.41, 5.74) is 0.973. The van der Waals surface area contributed by atoms with E-state index in [1.807, 2.05) is 6.92 Å². The van der Waals surface area contributed by atoms with Gasteiger partial charge >= 0.3 is 6.18 Å². The van der Waals surface area contributed by atoms with Crippen molar-refractivity contribution < 1.29 is 22.1 Å². The Morgan fingerprint density at radius 2 is 1.88 bits per heavy atom. The molecule has 1 fully saturated rings. The largest absolute Gasteiger partial charge is 0.484 e. The molecular weight excluding hydrogens is 339 g/mol. The van der Waals surface area contributed by atoms with Gasteiger partial charge in [0.1, 0.15) is 5.75 Å². The molecule has 0 radical (unpaired) electrons. The summed E-state index contributed by atoms with van der Waals surface area (Å²) in [6, 6.07) is 6.85. The van der Waals surface area contributed by atoms with Crippen molar-refractivity contribution in [1.29, 1.82) is 0 Å². The van der Waals surface area contributed by atoms with Crippen LogP contribution in [0.1, 0.15) is 38.2 Å². The van der Waals surface area contributed by atoms with Crippen molar-refractivity contribution >= 4 is 10.8 Å². The first-order valence-corrected chi connectivity index (χ1v) is 9.66. The molecule has 3 atom stereocenters. The quantitative estimate of drug-likeness (QED) is 0.801. The van der Waals surface area contributed by atoms with Crippen LogP contribution in [0.4, 0.5) is 13.2 Å². The fourth-order valence-corrected chi connectivity index (χ4v) is 4.43. The van der Waals surface area contributed by atoms with Crippen molar-refractivity contribution in [3.63, 3.8) is 0 Å². The molecule has 0 saturated heterocycles. The van der Waals surface area contributed by atoms with Gasteiger partial charge in [0.15, 0.2) is 6.61 Å². The molecule has 1 saturated carbocycles. The fourth-order valence-electron chi connectivity index (χ4n) is 2.98. The molecular formula is C17H24F3NO2S. The van der Waals surface area contributed by atoms with E-state index in [1.165, 1.54) is 0 Å². The molecule has 0 amide bonds. The van der Waals surface area contributed by atoms with Crippen LogP contribution in [0.3, 0.4) is 0 Å². The Balaban J connectivity index is 1.86. The van der Waals surface area contributed by atoms with Gasteiger partial charge in [0.05, 0.1) is 5.25 Å². The van der Waals surface area contributed by atoms with E-state index in [1.54, 1.807) is 24.3 Å². The van der Waals surface area contributed by atoms with Crippen LogP contribution in [0.25, 0.3) is 0 Å². The molecule has 0 heterocycles. The Labute approximate surface area is 143 Å². The van der Waals surface area contributed by atoms with E-state index < -0.39 is 23.6 Å². The first-order valence-electron chi connectivity index (χ1n) is 8.28. The number of benzene rings is 1. The number of hydrogen-bond acceptors (Lipinski definition) is 3. The number of rotatable bonds is 7. The minimum absolute atomic E-state index is 0.193. The lowest BCUT2D eigenvalue weighted by Crippen LogP contribution is -2.44. The molecule has 0 aliphatic heterocycles. The average molecular weight is 363 g/mol. The third kappa shape index (κ3) is 6.09. The van der Waals surface area contributed by atoms with Crippen LogP contribution in [-0.2, 0) is 17.3 Å². The number of alkyl halides is 3. The van der Waals surface area contributed by atoms with Crippen molar-refractivity contribution in [2.45, 2.75) is 56.6 Å². The molecule has 3 nitrogen and oxygen atoms in total. The van der Waals surface area contributed by atoms with Gasteiger partial charge in [-0.3, -0.25) is 4.21 Å². The van der Waals surface area contributed by atoms with Gasteiger partial charge in [0.2, 0.25) is 0 Å². The molecule has 1 N–H and O–H groups in total. The predicted molar refractivity (Wildman–Crippen MR) is 89.6 cm³/mol. The molecule has 24 heavy (non-hydrogen) atoms. The summed E-state index contributed by atoms with van der Waals surface area (Å²) in [7, 11) is -0.805. The third-order valence-corrected chi connectivity index (χ3v) is 6.03. The molecule has 1 aromatic rings. The van der Waals surface area contributed by atoms with E-state index >= 15 is 0 Å². The minimum atomic E-state index is -4.33. The molecule has 0 bridgehead atoms. The number of ether oxygens (including phenoxy) is 1. The second kappa shape index (κ2) is 8.85. The molecule has 2 rings (SSSR count). The molecule has 0 unspecified atom stereocenters. The minimum Gasteiger partial charge on any atom is -0.484 e. The zero-order valence-electron chi connectivity index (χ0n) is 13.8. The molecule has 0 spiro atoms. The van der Waals surface area contributed by atoms with Crippen LogP contribution in [0, 0.1) is 0 Å². The molecule has 0 aromatic heterocycles. The van der Waals surface area contributed by atoms with Crippen LogP contribution < -0.4 is 10.1 Å². The summed E-state index contributed by atoms with van der Waals surface area (Å²) in [5, 5.41) is 3.66. The van der Waals surface area contributed by atoms with E-state index in [0.29, 0.717) is 12.3 Å². The van der Waals surface area contributed by atoms with E-state index in [-0.39, 0.29) is 17.0 Å². The first-order chi connectivity index (χ1) is 11.4. The van der Waals surface area contributed by atoms with Crippen LogP contribution >= 0.6 is 0 Å². The lowest BCUT2D eigenvalue weighted by Gasteiger charge is -2.31. The third-order valence-electron chi connectivity index (χ3n) is 4.22. The lowest BCUT2D eigenvalue weighted by atomic mass is 9.94. The number of hydrogen-bond donors (Lipinski definition) is 1. The van der Waals surface area contributed by atoms with Crippen molar-refractivity contribution in [3.8, 4) is 5.75 Å². The van der Waals surface area contributed by atoms with Crippen molar-refractivity contribution in [2.75, 3.05) is 12.4 Å². The Bertz CT molecular complexity index is 534. The predicted octanol–water partition coefficient (Wildman–Crippen LogP) is 3.80. The summed E-state index contributed by atoms with van der Waals surface area (Å²) < 4.78 is 53.2. The Morgan fingerprint density at radius 1 is 1.21 bits per heavy atom. The SMILES string of the molecule is CC[S@@](=O)[C@@H]1CCCC[C@@H]1NCc1ccc(OCC(F)(F)F)cc1. The van der Waals surface area contributed by atoms with Crippen molar-refractivity contribution in [2.24, 2.45) is 0 Å². The van der Waals surface area contributed by atoms with E-state index in [4.69, 9.17) is 4.74 Å². The highest BCUT2D eigenvalue weighted by atomic mass is 32.2. The van der Waals surface area contributed by atoms with Crippen LogP contribution in [0.2, 0.25) is 0 Å². The van der Waals surface area contributed by atoms with Gasteiger partial charge in [-0.2, -0.15) is 13.2 Å². The van der Waals surface area contributed by atoms with Gasteiger partial charge in [-0.15, -0.1) is 0 Å². The lowest BCUT2D eigenvalue weighted by molar-refractivity contribution is -0.153. The van der Waals surface area contributed by atoms with Crippen molar-refractivity contribution in [1.82, 2.24) is 5.32 Å². The van der Waals surface area contributed by atoms with Crippen LogP contribution in [0.15, 0.2) is 24.3 Å². The molecule has 136 valence electrons. The highest BCUT2D eigenvalue weighted by molar-refractivity contribution is 7.85.